The molecule has 0 unspecified atom stereocenters. The summed E-state index contributed by atoms with van der Waals surface area (Å²) in [5.74, 6) is 0.291. The van der Waals surface area contributed by atoms with Gasteiger partial charge in [-0.05, 0) is 49.2 Å². The van der Waals surface area contributed by atoms with E-state index in [-0.39, 0.29) is 24.2 Å². The minimum Gasteiger partial charge on any atom is -0.467 e. The van der Waals surface area contributed by atoms with Gasteiger partial charge in [0.15, 0.2) is 0 Å². The van der Waals surface area contributed by atoms with Gasteiger partial charge in [0.2, 0.25) is 11.8 Å². The summed E-state index contributed by atoms with van der Waals surface area (Å²) in [5.41, 5.74) is 2.98. The molecule has 2 heterocycles. The van der Waals surface area contributed by atoms with Crippen molar-refractivity contribution < 1.29 is 14.0 Å². The topological polar surface area (TPSA) is 62.6 Å². The number of carbonyl (C=O) groups excluding carboxylic acids is 2. The Balaban J connectivity index is 1.63. The monoisotopic (exact) mass is 312 g/mol. The number of hydrogen-bond acceptors (Lipinski definition) is 3. The Kier molecular flexibility index (Phi) is 4.19. The molecule has 1 aliphatic heterocycles. The van der Waals surface area contributed by atoms with E-state index in [1.165, 1.54) is 0 Å². The number of likely N-dealkylation sites (tertiary alicyclic amines) is 1. The van der Waals surface area contributed by atoms with Gasteiger partial charge in [0.05, 0.1) is 18.7 Å². The molecule has 0 spiro atoms. The van der Waals surface area contributed by atoms with Crippen molar-refractivity contribution in [1.82, 2.24) is 4.90 Å². The summed E-state index contributed by atoms with van der Waals surface area (Å²) in [6.45, 7) is 4.83. The van der Waals surface area contributed by atoms with E-state index in [2.05, 4.69) is 11.4 Å². The van der Waals surface area contributed by atoms with E-state index < -0.39 is 0 Å². The number of nitrogens with zero attached hydrogens (tertiary/aromatic N) is 1. The molecule has 1 aromatic heterocycles. The van der Waals surface area contributed by atoms with Gasteiger partial charge in [-0.15, -0.1) is 0 Å². The smallest absolute Gasteiger partial charge is 0.229 e. The number of amides is 2. The van der Waals surface area contributed by atoms with Gasteiger partial charge in [0.25, 0.3) is 0 Å². The minimum atomic E-state index is -0.321. The molecule has 3 rings (SSSR count). The van der Waals surface area contributed by atoms with E-state index in [1.807, 2.05) is 32.0 Å². The zero-order valence-electron chi connectivity index (χ0n) is 13.3. The average Bonchev–Trinajstić information content (AvgIpc) is 3.09. The van der Waals surface area contributed by atoms with Gasteiger partial charge in [0, 0.05) is 18.7 Å². The molecule has 1 saturated heterocycles. The third-order valence-corrected chi connectivity index (χ3v) is 4.00. The summed E-state index contributed by atoms with van der Waals surface area (Å²) < 4.78 is 5.27. The molecule has 0 radical (unpaired) electrons. The summed E-state index contributed by atoms with van der Waals surface area (Å²) in [6, 6.07) is 9.54. The van der Waals surface area contributed by atoms with Gasteiger partial charge >= 0.3 is 0 Å². The lowest BCUT2D eigenvalue weighted by atomic mass is 10.1. The number of hydrogen-bond donors (Lipinski definition) is 1. The van der Waals surface area contributed by atoms with Crippen LogP contribution in [0, 0.1) is 19.8 Å². The van der Waals surface area contributed by atoms with Gasteiger partial charge in [-0.25, -0.2) is 0 Å². The van der Waals surface area contributed by atoms with Crippen molar-refractivity contribution in [2.45, 2.75) is 26.8 Å². The summed E-state index contributed by atoms with van der Waals surface area (Å²) in [6.07, 6.45) is 1.83. The maximum atomic E-state index is 12.4. The maximum Gasteiger partial charge on any atom is 0.229 e. The highest BCUT2D eigenvalue weighted by Crippen LogP contribution is 2.22. The fourth-order valence-corrected chi connectivity index (χ4v) is 2.98. The van der Waals surface area contributed by atoms with Crippen LogP contribution in [0.4, 0.5) is 5.69 Å². The first-order chi connectivity index (χ1) is 11.0. The van der Waals surface area contributed by atoms with E-state index in [0.717, 1.165) is 22.6 Å². The molecule has 5 heteroatoms. The van der Waals surface area contributed by atoms with E-state index in [9.17, 15) is 9.59 Å². The molecule has 2 aromatic rings. The molecule has 0 saturated carbocycles. The fourth-order valence-electron chi connectivity index (χ4n) is 2.98. The lowest BCUT2D eigenvalue weighted by Gasteiger charge is -2.15. The quantitative estimate of drug-likeness (QED) is 0.944. The molecule has 1 aromatic carbocycles. The van der Waals surface area contributed by atoms with Crippen molar-refractivity contribution in [3.8, 4) is 0 Å². The predicted molar refractivity (Wildman–Crippen MR) is 86.8 cm³/mol. The molecule has 23 heavy (non-hydrogen) atoms. The molecule has 1 N–H and O–H groups in total. The van der Waals surface area contributed by atoms with Crippen LogP contribution in [0.5, 0.6) is 0 Å². The molecule has 120 valence electrons. The van der Waals surface area contributed by atoms with Crippen LogP contribution >= 0.6 is 0 Å². The number of furan rings is 1. The van der Waals surface area contributed by atoms with Gasteiger partial charge in [-0.3, -0.25) is 9.59 Å². The van der Waals surface area contributed by atoms with Crippen molar-refractivity contribution in [2.24, 2.45) is 5.92 Å². The molecule has 5 nitrogen and oxygen atoms in total. The van der Waals surface area contributed by atoms with Crippen LogP contribution in [0.15, 0.2) is 41.0 Å². The van der Waals surface area contributed by atoms with Crippen molar-refractivity contribution in [1.29, 1.82) is 0 Å². The Hall–Kier alpha value is -2.56. The van der Waals surface area contributed by atoms with Crippen molar-refractivity contribution >= 4 is 17.5 Å². The Morgan fingerprint density at radius 3 is 2.70 bits per heavy atom. The summed E-state index contributed by atoms with van der Waals surface area (Å²) in [4.78, 5) is 26.2. The number of nitrogens with one attached hydrogen (secondary N) is 1. The van der Waals surface area contributed by atoms with E-state index >= 15 is 0 Å². The first-order valence-corrected chi connectivity index (χ1v) is 7.70. The average molecular weight is 312 g/mol. The standard InChI is InChI=1S/C18H20N2O3/c1-12-6-13(2)8-15(7-12)19-18(22)14-9-17(21)20(10-14)11-16-4-3-5-23-16/h3-8,14H,9-11H2,1-2H3,(H,19,22)/t14-/m0/s1. The number of anilines is 1. The van der Waals surface area contributed by atoms with E-state index in [0.29, 0.717) is 13.1 Å². The molecule has 1 fully saturated rings. The van der Waals surface area contributed by atoms with Crippen molar-refractivity contribution in [3.63, 3.8) is 0 Å². The third-order valence-electron chi connectivity index (χ3n) is 4.00. The van der Waals surface area contributed by atoms with Crippen LogP contribution in [-0.4, -0.2) is 23.3 Å². The van der Waals surface area contributed by atoms with Crippen LogP contribution in [0.3, 0.4) is 0 Å². The summed E-state index contributed by atoms with van der Waals surface area (Å²) in [5, 5.41) is 2.92. The second-order valence-corrected chi connectivity index (χ2v) is 6.12. The molecule has 1 aliphatic rings. The zero-order valence-corrected chi connectivity index (χ0v) is 13.3. The fraction of sp³-hybridized carbons (Fsp3) is 0.333. The largest absolute Gasteiger partial charge is 0.467 e. The van der Waals surface area contributed by atoms with Gasteiger partial charge in [-0.1, -0.05) is 6.07 Å². The molecule has 2 amide bonds. The molecule has 1 atom stereocenters. The second kappa shape index (κ2) is 6.28. The van der Waals surface area contributed by atoms with Gasteiger partial charge in [0.1, 0.15) is 5.76 Å². The van der Waals surface area contributed by atoms with E-state index in [1.54, 1.807) is 17.2 Å². The zero-order chi connectivity index (χ0) is 16.4. The van der Waals surface area contributed by atoms with Crippen LogP contribution in [-0.2, 0) is 16.1 Å². The van der Waals surface area contributed by atoms with Gasteiger partial charge < -0.3 is 14.6 Å². The number of rotatable bonds is 4. The number of aryl methyl sites for hydroxylation is 2. The van der Waals surface area contributed by atoms with Crippen LogP contribution in [0.25, 0.3) is 0 Å². The Bertz CT molecular complexity index is 702. The highest BCUT2D eigenvalue weighted by Gasteiger charge is 2.34. The van der Waals surface area contributed by atoms with Crippen LogP contribution < -0.4 is 5.32 Å². The lowest BCUT2D eigenvalue weighted by Crippen LogP contribution is -2.27. The SMILES string of the molecule is Cc1cc(C)cc(NC(=O)[C@H]2CC(=O)N(Cc3ccco3)C2)c1. The summed E-state index contributed by atoms with van der Waals surface area (Å²) in [7, 11) is 0. The van der Waals surface area contributed by atoms with Crippen LogP contribution in [0.1, 0.15) is 23.3 Å². The Morgan fingerprint density at radius 2 is 2.04 bits per heavy atom. The normalized spacial score (nSPS) is 17.6. The molecular weight excluding hydrogens is 292 g/mol. The van der Waals surface area contributed by atoms with Crippen molar-refractivity contribution in [2.75, 3.05) is 11.9 Å². The van der Waals surface area contributed by atoms with Crippen LogP contribution in [0.2, 0.25) is 0 Å². The van der Waals surface area contributed by atoms with E-state index in [4.69, 9.17) is 4.42 Å². The molecule has 0 aliphatic carbocycles. The van der Waals surface area contributed by atoms with Gasteiger partial charge in [-0.2, -0.15) is 0 Å². The third kappa shape index (κ3) is 3.62. The molecular formula is C18H20N2O3. The maximum absolute atomic E-state index is 12.4. The second-order valence-electron chi connectivity index (χ2n) is 6.12. The summed E-state index contributed by atoms with van der Waals surface area (Å²) >= 11 is 0. The Labute approximate surface area is 135 Å². The highest BCUT2D eigenvalue weighted by molar-refractivity contribution is 5.97. The van der Waals surface area contributed by atoms with Crippen molar-refractivity contribution in [3.05, 3.63) is 53.5 Å². The minimum absolute atomic E-state index is 0.0121. The number of carbonyl (C=O) groups is 2. The lowest BCUT2D eigenvalue weighted by molar-refractivity contribution is -0.128. The number of benzene rings is 1. The first-order valence-electron chi connectivity index (χ1n) is 7.70. The highest BCUT2D eigenvalue weighted by atomic mass is 16.3. The molecule has 0 bridgehead atoms. The Morgan fingerprint density at radius 1 is 1.30 bits per heavy atom. The predicted octanol–water partition coefficient (Wildman–Crippen LogP) is 2.88. The first kappa shape index (κ1) is 15.3.